The SMILES string of the molecule is CCOc1cc(/C=C/C(=O)N[C@H](C(=O)O)C(C)C)cc(Br)c1OCC. The van der Waals surface area contributed by atoms with E-state index in [0.717, 1.165) is 5.56 Å². The molecule has 0 saturated carbocycles. The van der Waals surface area contributed by atoms with E-state index in [1.165, 1.54) is 6.08 Å². The summed E-state index contributed by atoms with van der Waals surface area (Å²) in [6.45, 7) is 8.21. The third kappa shape index (κ3) is 6.42. The molecule has 138 valence electrons. The monoisotopic (exact) mass is 413 g/mol. The minimum Gasteiger partial charge on any atom is -0.490 e. The van der Waals surface area contributed by atoms with Crippen molar-refractivity contribution < 1.29 is 24.2 Å². The van der Waals surface area contributed by atoms with Gasteiger partial charge in [-0.05, 0) is 59.5 Å². The maximum atomic E-state index is 12.0. The summed E-state index contributed by atoms with van der Waals surface area (Å²) in [5.74, 6) is -0.552. The first-order valence-electron chi connectivity index (χ1n) is 8.10. The Labute approximate surface area is 156 Å². The quantitative estimate of drug-likeness (QED) is 0.605. The molecule has 0 heterocycles. The topological polar surface area (TPSA) is 84.9 Å². The van der Waals surface area contributed by atoms with Crippen molar-refractivity contribution in [3.8, 4) is 11.5 Å². The summed E-state index contributed by atoms with van der Waals surface area (Å²) >= 11 is 3.44. The predicted octanol–water partition coefficient (Wildman–Crippen LogP) is 3.49. The number of aliphatic carboxylic acids is 1. The minimum atomic E-state index is -1.06. The molecule has 1 aromatic rings. The Hall–Kier alpha value is -2.02. The van der Waals surface area contributed by atoms with Gasteiger partial charge in [-0.2, -0.15) is 0 Å². The van der Waals surface area contributed by atoms with Crippen molar-refractivity contribution in [1.82, 2.24) is 5.32 Å². The van der Waals surface area contributed by atoms with Crippen LogP contribution in [0.4, 0.5) is 0 Å². The molecule has 0 aliphatic carbocycles. The molecule has 0 saturated heterocycles. The molecule has 7 heteroatoms. The van der Waals surface area contributed by atoms with E-state index in [9.17, 15) is 9.59 Å². The molecule has 0 fully saturated rings. The first-order valence-corrected chi connectivity index (χ1v) is 8.89. The number of amides is 1. The van der Waals surface area contributed by atoms with Crippen LogP contribution < -0.4 is 14.8 Å². The fraction of sp³-hybridized carbons (Fsp3) is 0.444. The van der Waals surface area contributed by atoms with Gasteiger partial charge in [0.1, 0.15) is 6.04 Å². The maximum Gasteiger partial charge on any atom is 0.326 e. The van der Waals surface area contributed by atoms with E-state index in [0.29, 0.717) is 29.2 Å². The zero-order valence-electron chi connectivity index (χ0n) is 14.8. The molecule has 0 radical (unpaired) electrons. The molecule has 0 spiro atoms. The van der Waals surface area contributed by atoms with Gasteiger partial charge >= 0.3 is 5.97 Å². The second-order valence-corrected chi connectivity index (χ2v) is 6.45. The third-order valence-corrected chi connectivity index (χ3v) is 3.87. The smallest absolute Gasteiger partial charge is 0.326 e. The van der Waals surface area contributed by atoms with Crippen molar-refractivity contribution in [2.75, 3.05) is 13.2 Å². The van der Waals surface area contributed by atoms with Crippen LogP contribution in [0.5, 0.6) is 11.5 Å². The number of hydrogen-bond donors (Lipinski definition) is 2. The second-order valence-electron chi connectivity index (χ2n) is 5.60. The van der Waals surface area contributed by atoms with Crippen LogP contribution in [0, 0.1) is 5.92 Å². The van der Waals surface area contributed by atoms with Gasteiger partial charge in [-0.15, -0.1) is 0 Å². The summed E-state index contributed by atoms with van der Waals surface area (Å²) < 4.78 is 11.9. The van der Waals surface area contributed by atoms with Crippen LogP contribution in [0.15, 0.2) is 22.7 Å². The Bertz CT molecular complexity index is 643. The Morgan fingerprint density at radius 2 is 1.88 bits per heavy atom. The highest BCUT2D eigenvalue weighted by Crippen LogP contribution is 2.37. The zero-order chi connectivity index (χ0) is 19.0. The molecule has 0 bridgehead atoms. The molecular formula is C18H24BrNO5. The van der Waals surface area contributed by atoms with Gasteiger partial charge < -0.3 is 19.9 Å². The Kier molecular flexibility index (Phi) is 8.48. The van der Waals surface area contributed by atoms with Gasteiger partial charge in [-0.25, -0.2) is 4.79 Å². The molecule has 1 atom stereocenters. The highest BCUT2D eigenvalue weighted by molar-refractivity contribution is 9.10. The molecule has 0 aliphatic rings. The van der Waals surface area contributed by atoms with Crippen LogP contribution in [0.3, 0.4) is 0 Å². The van der Waals surface area contributed by atoms with Crippen LogP contribution in [0.2, 0.25) is 0 Å². The largest absolute Gasteiger partial charge is 0.490 e. The van der Waals surface area contributed by atoms with Crippen LogP contribution in [0.25, 0.3) is 6.08 Å². The summed E-state index contributed by atoms with van der Waals surface area (Å²) in [7, 11) is 0. The van der Waals surface area contributed by atoms with Crippen molar-refractivity contribution in [3.05, 3.63) is 28.2 Å². The van der Waals surface area contributed by atoms with Crippen LogP contribution in [-0.4, -0.2) is 36.2 Å². The molecule has 25 heavy (non-hydrogen) atoms. The predicted molar refractivity (Wildman–Crippen MR) is 99.9 cm³/mol. The lowest BCUT2D eigenvalue weighted by atomic mass is 10.0. The highest BCUT2D eigenvalue weighted by atomic mass is 79.9. The van der Waals surface area contributed by atoms with Gasteiger partial charge in [0.25, 0.3) is 0 Å². The van der Waals surface area contributed by atoms with E-state index in [4.69, 9.17) is 14.6 Å². The zero-order valence-corrected chi connectivity index (χ0v) is 16.4. The number of carboxylic acid groups (broad SMARTS) is 1. The number of carbonyl (C=O) groups excluding carboxylic acids is 1. The third-order valence-electron chi connectivity index (χ3n) is 3.28. The summed E-state index contributed by atoms with van der Waals surface area (Å²) in [5, 5.41) is 11.6. The van der Waals surface area contributed by atoms with E-state index >= 15 is 0 Å². The van der Waals surface area contributed by atoms with E-state index in [-0.39, 0.29) is 5.92 Å². The lowest BCUT2D eigenvalue weighted by Crippen LogP contribution is -2.43. The molecule has 6 nitrogen and oxygen atoms in total. The number of hydrogen-bond acceptors (Lipinski definition) is 4. The summed E-state index contributed by atoms with van der Waals surface area (Å²) in [6.07, 6.45) is 2.90. The van der Waals surface area contributed by atoms with Crippen LogP contribution >= 0.6 is 15.9 Å². The molecule has 1 aromatic carbocycles. The molecule has 2 N–H and O–H groups in total. The van der Waals surface area contributed by atoms with Gasteiger partial charge in [0.15, 0.2) is 11.5 Å². The van der Waals surface area contributed by atoms with E-state index in [2.05, 4.69) is 21.2 Å². The average molecular weight is 414 g/mol. The molecule has 1 rings (SSSR count). The molecule has 0 aliphatic heterocycles. The Morgan fingerprint density at radius 3 is 2.40 bits per heavy atom. The number of carboxylic acids is 1. The fourth-order valence-corrected chi connectivity index (χ4v) is 2.69. The number of ether oxygens (including phenoxy) is 2. The summed E-state index contributed by atoms with van der Waals surface area (Å²) in [4.78, 5) is 23.1. The van der Waals surface area contributed by atoms with Crippen LogP contribution in [-0.2, 0) is 9.59 Å². The van der Waals surface area contributed by atoms with Crippen molar-refractivity contribution in [2.24, 2.45) is 5.92 Å². The average Bonchev–Trinajstić information content (AvgIpc) is 2.53. The fourth-order valence-electron chi connectivity index (χ4n) is 2.12. The molecule has 0 aromatic heterocycles. The van der Waals surface area contributed by atoms with Crippen molar-refractivity contribution in [3.63, 3.8) is 0 Å². The second kappa shape index (κ2) is 10.1. The first kappa shape index (κ1) is 21.0. The van der Waals surface area contributed by atoms with Gasteiger partial charge in [0, 0.05) is 6.08 Å². The molecular weight excluding hydrogens is 390 g/mol. The highest BCUT2D eigenvalue weighted by Gasteiger charge is 2.22. The molecule has 0 unspecified atom stereocenters. The van der Waals surface area contributed by atoms with Crippen LogP contribution in [0.1, 0.15) is 33.3 Å². The van der Waals surface area contributed by atoms with Gasteiger partial charge in [0.2, 0.25) is 5.91 Å². The maximum absolute atomic E-state index is 12.0. The van der Waals surface area contributed by atoms with Gasteiger partial charge in [-0.3, -0.25) is 4.79 Å². The van der Waals surface area contributed by atoms with E-state index in [1.807, 2.05) is 13.8 Å². The standard InChI is InChI=1S/C18H24BrNO5/c1-5-24-14-10-12(9-13(19)17(14)25-6-2)7-8-15(21)20-16(11(3)4)18(22)23/h7-11,16H,5-6H2,1-4H3,(H,20,21)(H,22,23)/b8-7+/t16-/m0/s1. The lowest BCUT2D eigenvalue weighted by Gasteiger charge is -2.16. The minimum absolute atomic E-state index is 0.209. The molecule has 1 amide bonds. The lowest BCUT2D eigenvalue weighted by molar-refractivity contribution is -0.142. The van der Waals surface area contributed by atoms with Gasteiger partial charge in [0.05, 0.1) is 17.7 Å². The van der Waals surface area contributed by atoms with E-state index in [1.54, 1.807) is 32.1 Å². The van der Waals surface area contributed by atoms with E-state index < -0.39 is 17.9 Å². The number of nitrogens with one attached hydrogen (secondary N) is 1. The Balaban J connectivity index is 2.96. The number of rotatable bonds is 9. The summed E-state index contributed by atoms with van der Waals surface area (Å²) in [5.41, 5.74) is 0.727. The van der Waals surface area contributed by atoms with Gasteiger partial charge in [-0.1, -0.05) is 13.8 Å². The number of benzene rings is 1. The normalized spacial score (nSPS) is 12.2. The number of carbonyl (C=O) groups is 2. The van der Waals surface area contributed by atoms with Crippen molar-refractivity contribution in [2.45, 2.75) is 33.7 Å². The van der Waals surface area contributed by atoms with Crippen molar-refractivity contribution in [1.29, 1.82) is 0 Å². The summed E-state index contributed by atoms with van der Waals surface area (Å²) in [6, 6.07) is 2.64. The number of halogens is 1. The Morgan fingerprint density at radius 1 is 1.24 bits per heavy atom. The first-order chi connectivity index (χ1) is 11.8. The van der Waals surface area contributed by atoms with Crippen molar-refractivity contribution >= 4 is 33.9 Å².